The molecule has 3 aromatic heterocycles. The van der Waals surface area contributed by atoms with Gasteiger partial charge >= 0.3 is 0 Å². The molecule has 3 heterocycles. The van der Waals surface area contributed by atoms with Crippen LogP contribution in [0.5, 0.6) is 0 Å². The fourth-order valence-electron chi connectivity index (χ4n) is 1.67. The fraction of sp³-hybridized carbons (Fsp3) is 0.222. The molecule has 8 nitrogen and oxygen atoms in total. The Morgan fingerprint density at radius 2 is 2.33 bits per heavy atom. The monoisotopic (exact) mass is 263 g/mol. The molecule has 0 unspecified atom stereocenters. The molecule has 0 aliphatic heterocycles. The van der Waals surface area contributed by atoms with Crippen LogP contribution in [0.25, 0.3) is 11.0 Å². The summed E-state index contributed by atoms with van der Waals surface area (Å²) in [6.45, 7) is 0.263. The third-order valence-corrected chi connectivity index (χ3v) is 3.22. The van der Waals surface area contributed by atoms with Crippen molar-refractivity contribution in [2.75, 3.05) is 5.73 Å². The Balaban J connectivity index is 2.11. The van der Waals surface area contributed by atoms with E-state index in [9.17, 15) is 4.79 Å². The number of rotatable bonds is 2. The van der Waals surface area contributed by atoms with Crippen LogP contribution < -0.4 is 11.3 Å². The number of nitrogen functional groups attached to an aromatic ring is 1. The zero-order chi connectivity index (χ0) is 12.7. The van der Waals surface area contributed by atoms with Crippen molar-refractivity contribution in [3.05, 3.63) is 28.6 Å². The van der Waals surface area contributed by atoms with Crippen molar-refractivity contribution in [2.24, 2.45) is 7.05 Å². The number of anilines is 1. The van der Waals surface area contributed by atoms with Crippen LogP contribution in [0.2, 0.25) is 0 Å². The van der Waals surface area contributed by atoms with Gasteiger partial charge in [-0.15, -0.1) is 5.10 Å². The standard InChI is InChI=1S/C9H9N7OS/c1-15-8-5(2-12-15)9(17)16(4-11-8)3-6-7(10)18-14-13-6/h2,4H,3,10H2,1H3. The van der Waals surface area contributed by atoms with E-state index in [0.717, 1.165) is 11.5 Å². The van der Waals surface area contributed by atoms with E-state index in [2.05, 4.69) is 19.7 Å². The van der Waals surface area contributed by atoms with Gasteiger partial charge in [-0.25, -0.2) is 4.98 Å². The van der Waals surface area contributed by atoms with Crippen molar-refractivity contribution in [1.29, 1.82) is 0 Å². The number of fused-ring (bicyclic) bond motifs is 1. The average molecular weight is 263 g/mol. The Morgan fingerprint density at radius 1 is 1.50 bits per heavy atom. The second-order valence-corrected chi connectivity index (χ2v) is 4.55. The fourth-order valence-corrected chi connectivity index (χ4v) is 2.10. The van der Waals surface area contributed by atoms with Gasteiger partial charge in [0.2, 0.25) is 0 Å². The number of hydrogen-bond donors (Lipinski definition) is 1. The highest BCUT2D eigenvalue weighted by molar-refractivity contribution is 7.09. The Labute approximate surface area is 105 Å². The second kappa shape index (κ2) is 3.88. The Bertz CT molecular complexity index is 771. The van der Waals surface area contributed by atoms with Gasteiger partial charge in [-0.2, -0.15) is 5.10 Å². The van der Waals surface area contributed by atoms with Crippen molar-refractivity contribution in [1.82, 2.24) is 28.9 Å². The van der Waals surface area contributed by atoms with E-state index in [1.807, 2.05) is 0 Å². The predicted molar refractivity (Wildman–Crippen MR) is 66.2 cm³/mol. The molecule has 0 spiro atoms. The molecular weight excluding hydrogens is 254 g/mol. The molecule has 0 aliphatic carbocycles. The number of hydrogen-bond acceptors (Lipinski definition) is 7. The second-order valence-electron chi connectivity index (χ2n) is 3.77. The molecule has 0 fully saturated rings. The maximum Gasteiger partial charge on any atom is 0.264 e. The molecule has 0 atom stereocenters. The van der Waals surface area contributed by atoms with Gasteiger partial charge < -0.3 is 5.73 Å². The van der Waals surface area contributed by atoms with Gasteiger partial charge in [-0.1, -0.05) is 4.49 Å². The first-order valence-corrected chi connectivity index (χ1v) is 5.88. The molecule has 92 valence electrons. The van der Waals surface area contributed by atoms with E-state index < -0.39 is 0 Å². The molecule has 3 aromatic rings. The topological polar surface area (TPSA) is 105 Å². The number of nitrogens with two attached hydrogens (primary N) is 1. The van der Waals surface area contributed by atoms with Crippen LogP contribution in [0.3, 0.4) is 0 Å². The van der Waals surface area contributed by atoms with Crippen molar-refractivity contribution >= 4 is 27.6 Å². The smallest absolute Gasteiger partial charge is 0.264 e. The third kappa shape index (κ3) is 1.56. The number of aryl methyl sites for hydroxylation is 1. The lowest BCUT2D eigenvalue weighted by molar-refractivity contribution is 0.721. The van der Waals surface area contributed by atoms with Gasteiger partial charge in [0.15, 0.2) is 5.65 Å². The summed E-state index contributed by atoms with van der Waals surface area (Å²) in [4.78, 5) is 16.4. The summed E-state index contributed by atoms with van der Waals surface area (Å²) in [5.74, 6) is 0. The largest absolute Gasteiger partial charge is 0.388 e. The maximum atomic E-state index is 12.2. The predicted octanol–water partition coefficient (Wildman–Crippen LogP) is -0.388. The highest BCUT2D eigenvalue weighted by atomic mass is 32.1. The van der Waals surface area contributed by atoms with Crippen molar-refractivity contribution in [3.63, 3.8) is 0 Å². The summed E-state index contributed by atoms with van der Waals surface area (Å²) >= 11 is 1.10. The highest BCUT2D eigenvalue weighted by Gasteiger charge is 2.11. The number of nitrogens with zero attached hydrogens (tertiary/aromatic N) is 6. The summed E-state index contributed by atoms with van der Waals surface area (Å²) in [5, 5.41) is 8.86. The van der Waals surface area contributed by atoms with Crippen LogP contribution in [0.15, 0.2) is 17.3 Å². The van der Waals surface area contributed by atoms with Gasteiger partial charge in [0, 0.05) is 18.6 Å². The zero-order valence-electron chi connectivity index (χ0n) is 9.44. The van der Waals surface area contributed by atoms with E-state index in [4.69, 9.17) is 5.73 Å². The molecule has 0 saturated heterocycles. The Kier molecular flexibility index (Phi) is 2.33. The van der Waals surface area contributed by atoms with Crippen molar-refractivity contribution < 1.29 is 0 Å². The highest BCUT2D eigenvalue weighted by Crippen LogP contribution is 2.13. The molecule has 18 heavy (non-hydrogen) atoms. The average Bonchev–Trinajstić information content (AvgIpc) is 2.91. The van der Waals surface area contributed by atoms with Gasteiger partial charge in [0.25, 0.3) is 5.56 Å². The van der Waals surface area contributed by atoms with E-state index in [1.165, 1.54) is 17.1 Å². The molecule has 9 heteroatoms. The van der Waals surface area contributed by atoms with Crippen LogP contribution in [0.1, 0.15) is 5.69 Å². The van der Waals surface area contributed by atoms with E-state index in [-0.39, 0.29) is 12.1 Å². The van der Waals surface area contributed by atoms with E-state index in [0.29, 0.717) is 21.7 Å². The summed E-state index contributed by atoms with van der Waals surface area (Å²) in [5.41, 5.74) is 6.66. The first-order valence-electron chi connectivity index (χ1n) is 5.10. The van der Waals surface area contributed by atoms with Crippen LogP contribution in [-0.4, -0.2) is 28.9 Å². The first kappa shape index (κ1) is 10.8. The lowest BCUT2D eigenvalue weighted by atomic mass is 10.4. The van der Waals surface area contributed by atoms with Crippen molar-refractivity contribution in [2.45, 2.75) is 6.54 Å². The Hall–Kier alpha value is -2.29. The molecule has 0 radical (unpaired) electrons. The minimum Gasteiger partial charge on any atom is -0.388 e. The molecule has 2 N–H and O–H groups in total. The minimum atomic E-state index is -0.166. The molecular formula is C9H9N7OS. The summed E-state index contributed by atoms with van der Waals surface area (Å²) in [6.07, 6.45) is 2.97. The third-order valence-electron chi connectivity index (χ3n) is 2.62. The molecule has 0 aromatic carbocycles. The quantitative estimate of drug-likeness (QED) is 0.675. The maximum absolute atomic E-state index is 12.2. The normalized spacial score (nSPS) is 11.2. The summed E-state index contributed by atoms with van der Waals surface area (Å²) in [6, 6.07) is 0. The molecule has 0 aliphatic rings. The lowest BCUT2D eigenvalue weighted by Crippen LogP contribution is -2.21. The van der Waals surface area contributed by atoms with Gasteiger partial charge in [0.05, 0.1) is 12.7 Å². The van der Waals surface area contributed by atoms with Crippen LogP contribution in [0.4, 0.5) is 5.00 Å². The molecule has 0 bridgehead atoms. The SMILES string of the molecule is Cn1ncc2c(=O)n(Cc3nnsc3N)cnc21. The zero-order valence-corrected chi connectivity index (χ0v) is 10.3. The molecule has 0 amide bonds. The van der Waals surface area contributed by atoms with Crippen LogP contribution >= 0.6 is 11.5 Å². The Morgan fingerprint density at radius 3 is 3.06 bits per heavy atom. The summed E-state index contributed by atoms with van der Waals surface area (Å²) in [7, 11) is 1.74. The van der Waals surface area contributed by atoms with Crippen LogP contribution in [-0.2, 0) is 13.6 Å². The summed E-state index contributed by atoms with van der Waals surface area (Å²) < 4.78 is 6.73. The first-order chi connectivity index (χ1) is 8.66. The lowest BCUT2D eigenvalue weighted by Gasteiger charge is -2.02. The van der Waals surface area contributed by atoms with E-state index >= 15 is 0 Å². The van der Waals surface area contributed by atoms with Gasteiger partial charge in [0.1, 0.15) is 22.4 Å². The minimum absolute atomic E-state index is 0.166. The van der Waals surface area contributed by atoms with Crippen molar-refractivity contribution in [3.8, 4) is 0 Å². The van der Waals surface area contributed by atoms with Gasteiger partial charge in [-0.3, -0.25) is 14.0 Å². The van der Waals surface area contributed by atoms with Gasteiger partial charge in [-0.05, 0) is 0 Å². The van der Waals surface area contributed by atoms with E-state index in [1.54, 1.807) is 11.7 Å². The van der Waals surface area contributed by atoms with Crippen LogP contribution in [0, 0.1) is 0 Å². The number of aromatic nitrogens is 6. The molecule has 3 rings (SSSR count). The molecule has 0 saturated carbocycles.